The lowest BCUT2D eigenvalue weighted by atomic mass is 10.1. The van der Waals surface area contributed by atoms with Crippen molar-refractivity contribution in [3.8, 4) is 0 Å². The van der Waals surface area contributed by atoms with Crippen molar-refractivity contribution >= 4 is 5.91 Å². The van der Waals surface area contributed by atoms with Gasteiger partial charge in [-0.15, -0.1) is 0 Å². The summed E-state index contributed by atoms with van der Waals surface area (Å²) in [6.07, 6.45) is 8.62. The second-order valence-corrected chi connectivity index (χ2v) is 5.63. The molecule has 2 aliphatic heterocycles. The zero-order chi connectivity index (χ0) is 13.1. The van der Waals surface area contributed by atoms with Crippen LogP contribution >= 0.6 is 0 Å². The van der Waals surface area contributed by atoms with E-state index in [-0.39, 0.29) is 0 Å². The number of fused-ring (bicyclic) bond motifs is 2. The molecule has 1 aromatic heterocycles. The first-order chi connectivity index (χ1) is 9.31. The van der Waals surface area contributed by atoms with E-state index in [1.807, 2.05) is 23.2 Å². The highest BCUT2D eigenvalue weighted by molar-refractivity contribution is 5.76. The molecule has 2 atom stereocenters. The normalized spacial score (nSPS) is 26.2. The van der Waals surface area contributed by atoms with Crippen LogP contribution in [0, 0.1) is 0 Å². The highest BCUT2D eigenvalue weighted by Gasteiger charge is 2.30. The number of aryl methyl sites for hydroxylation is 1. The van der Waals surface area contributed by atoms with Gasteiger partial charge in [-0.05, 0) is 37.3 Å². The maximum atomic E-state index is 12.3. The Morgan fingerprint density at radius 2 is 2.26 bits per heavy atom. The number of rotatable bonds is 3. The molecule has 1 N–H and O–H groups in total. The largest absolute Gasteiger partial charge is 0.341 e. The van der Waals surface area contributed by atoms with Crippen molar-refractivity contribution in [2.75, 3.05) is 13.1 Å². The predicted molar refractivity (Wildman–Crippen MR) is 73.7 cm³/mol. The number of likely N-dealkylation sites (tertiary alicyclic amines) is 1. The number of aromatic nitrogens is 1. The second-order valence-electron chi connectivity index (χ2n) is 5.63. The van der Waals surface area contributed by atoms with Crippen LogP contribution in [-0.4, -0.2) is 41.0 Å². The van der Waals surface area contributed by atoms with E-state index in [2.05, 4.69) is 10.3 Å². The summed E-state index contributed by atoms with van der Waals surface area (Å²) >= 11 is 0. The van der Waals surface area contributed by atoms with Gasteiger partial charge in [0.2, 0.25) is 5.91 Å². The van der Waals surface area contributed by atoms with Gasteiger partial charge >= 0.3 is 0 Å². The van der Waals surface area contributed by atoms with Gasteiger partial charge in [0.25, 0.3) is 0 Å². The number of nitrogens with zero attached hydrogens (tertiary/aromatic N) is 2. The van der Waals surface area contributed by atoms with Crippen molar-refractivity contribution in [2.45, 2.75) is 44.2 Å². The average Bonchev–Trinajstić information content (AvgIpc) is 2.77. The smallest absolute Gasteiger partial charge is 0.222 e. The first kappa shape index (κ1) is 12.6. The molecule has 0 spiro atoms. The topological polar surface area (TPSA) is 45.2 Å². The van der Waals surface area contributed by atoms with E-state index in [1.165, 1.54) is 12.8 Å². The third kappa shape index (κ3) is 3.13. The van der Waals surface area contributed by atoms with E-state index >= 15 is 0 Å². The molecule has 2 bridgehead atoms. The molecule has 0 saturated carbocycles. The monoisotopic (exact) mass is 259 g/mol. The van der Waals surface area contributed by atoms with Crippen molar-refractivity contribution in [3.05, 3.63) is 30.1 Å². The molecule has 0 aromatic carbocycles. The number of pyridine rings is 1. The first-order valence-corrected chi connectivity index (χ1v) is 7.24. The van der Waals surface area contributed by atoms with Gasteiger partial charge in [0.05, 0.1) is 0 Å². The molecule has 3 rings (SSSR count). The van der Waals surface area contributed by atoms with Crippen LogP contribution < -0.4 is 5.32 Å². The van der Waals surface area contributed by atoms with Gasteiger partial charge in [-0.3, -0.25) is 9.78 Å². The molecule has 4 nitrogen and oxygen atoms in total. The van der Waals surface area contributed by atoms with Crippen molar-refractivity contribution in [2.24, 2.45) is 0 Å². The summed E-state index contributed by atoms with van der Waals surface area (Å²) in [4.78, 5) is 18.4. The van der Waals surface area contributed by atoms with Gasteiger partial charge in [0, 0.05) is 44.0 Å². The van der Waals surface area contributed by atoms with Gasteiger partial charge in [-0.1, -0.05) is 6.07 Å². The fourth-order valence-corrected chi connectivity index (χ4v) is 3.12. The quantitative estimate of drug-likeness (QED) is 0.891. The Hall–Kier alpha value is -1.42. The van der Waals surface area contributed by atoms with E-state index in [9.17, 15) is 4.79 Å². The molecule has 2 aliphatic rings. The highest BCUT2D eigenvalue weighted by atomic mass is 16.2. The maximum Gasteiger partial charge on any atom is 0.222 e. The Morgan fingerprint density at radius 1 is 1.37 bits per heavy atom. The number of carbonyl (C=O) groups is 1. The third-order valence-electron chi connectivity index (χ3n) is 4.23. The molecule has 2 unspecified atom stereocenters. The Labute approximate surface area is 114 Å². The van der Waals surface area contributed by atoms with E-state index in [1.54, 1.807) is 6.20 Å². The highest BCUT2D eigenvalue weighted by Crippen LogP contribution is 2.20. The number of hydrogen-bond donors (Lipinski definition) is 1. The Morgan fingerprint density at radius 3 is 3.11 bits per heavy atom. The van der Waals surface area contributed by atoms with Crippen LogP contribution in [0.25, 0.3) is 0 Å². The van der Waals surface area contributed by atoms with Crippen LogP contribution in [0.5, 0.6) is 0 Å². The van der Waals surface area contributed by atoms with Gasteiger partial charge < -0.3 is 10.2 Å². The minimum atomic E-state index is 0.290. The SMILES string of the molecule is O=C(CCc1cccnc1)N1CCC2CCC(C1)N2. The first-order valence-electron chi connectivity index (χ1n) is 7.24. The molecule has 2 fully saturated rings. The summed E-state index contributed by atoms with van der Waals surface area (Å²) in [5.74, 6) is 0.290. The van der Waals surface area contributed by atoms with Crippen molar-refractivity contribution in [1.29, 1.82) is 0 Å². The maximum absolute atomic E-state index is 12.3. The lowest BCUT2D eigenvalue weighted by molar-refractivity contribution is -0.131. The standard InChI is InChI=1S/C15H21N3O/c19-15(6-3-12-2-1-8-16-10-12)18-9-7-13-4-5-14(11-18)17-13/h1-2,8,10,13-14,17H,3-7,9,11H2. The van der Waals surface area contributed by atoms with Gasteiger partial charge in [-0.2, -0.15) is 0 Å². The van der Waals surface area contributed by atoms with Crippen molar-refractivity contribution in [1.82, 2.24) is 15.2 Å². The Kier molecular flexibility index (Phi) is 3.78. The van der Waals surface area contributed by atoms with Crippen LogP contribution in [0.4, 0.5) is 0 Å². The van der Waals surface area contributed by atoms with Gasteiger partial charge in [0.15, 0.2) is 0 Å². The molecule has 19 heavy (non-hydrogen) atoms. The summed E-state index contributed by atoms with van der Waals surface area (Å²) in [7, 11) is 0. The van der Waals surface area contributed by atoms with E-state index in [0.29, 0.717) is 24.4 Å². The van der Waals surface area contributed by atoms with E-state index in [4.69, 9.17) is 0 Å². The van der Waals surface area contributed by atoms with Crippen LogP contribution in [0.2, 0.25) is 0 Å². The zero-order valence-corrected chi connectivity index (χ0v) is 11.2. The second kappa shape index (κ2) is 5.70. The molecular weight excluding hydrogens is 238 g/mol. The number of hydrogen-bond acceptors (Lipinski definition) is 3. The molecule has 1 amide bonds. The Bertz CT molecular complexity index is 434. The average molecular weight is 259 g/mol. The summed E-state index contributed by atoms with van der Waals surface area (Å²) in [6, 6.07) is 5.12. The minimum absolute atomic E-state index is 0.290. The number of nitrogens with one attached hydrogen (secondary N) is 1. The predicted octanol–water partition coefficient (Wildman–Crippen LogP) is 1.37. The van der Waals surface area contributed by atoms with Crippen molar-refractivity contribution in [3.63, 3.8) is 0 Å². The van der Waals surface area contributed by atoms with Gasteiger partial charge in [0.1, 0.15) is 0 Å². The molecule has 0 radical (unpaired) electrons. The lowest BCUT2D eigenvalue weighted by Crippen LogP contribution is -2.39. The fraction of sp³-hybridized carbons (Fsp3) is 0.600. The summed E-state index contributed by atoms with van der Waals surface area (Å²) in [6.45, 7) is 1.81. The molecular formula is C15H21N3O. The lowest BCUT2D eigenvalue weighted by Gasteiger charge is -2.24. The molecule has 4 heteroatoms. The van der Waals surface area contributed by atoms with E-state index < -0.39 is 0 Å². The van der Waals surface area contributed by atoms with E-state index in [0.717, 1.165) is 31.5 Å². The number of carbonyl (C=O) groups excluding carboxylic acids is 1. The molecule has 3 heterocycles. The van der Waals surface area contributed by atoms with Crippen LogP contribution in [0.1, 0.15) is 31.2 Å². The van der Waals surface area contributed by atoms with Crippen LogP contribution in [0.15, 0.2) is 24.5 Å². The fourth-order valence-electron chi connectivity index (χ4n) is 3.12. The summed E-state index contributed by atoms with van der Waals surface area (Å²) in [5.41, 5.74) is 1.14. The molecule has 102 valence electrons. The van der Waals surface area contributed by atoms with Crippen molar-refractivity contribution < 1.29 is 4.79 Å². The number of amides is 1. The summed E-state index contributed by atoms with van der Waals surface area (Å²) < 4.78 is 0. The molecule has 1 aromatic rings. The van der Waals surface area contributed by atoms with Crippen LogP contribution in [0.3, 0.4) is 0 Å². The zero-order valence-electron chi connectivity index (χ0n) is 11.2. The molecule has 0 aliphatic carbocycles. The summed E-state index contributed by atoms with van der Waals surface area (Å²) in [5, 5.41) is 3.61. The minimum Gasteiger partial charge on any atom is -0.341 e. The molecule has 2 saturated heterocycles. The van der Waals surface area contributed by atoms with Crippen LogP contribution in [-0.2, 0) is 11.2 Å². The third-order valence-corrected chi connectivity index (χ3v) is 4.23. The Balaban J connectivity index is 1.52. The van der Waals surface area contributed by atoms with Gasteiger partial charge in [-0.25, -0.2) is 0 Å².